The van der Waals surface area contributed by atoms with Crippen LogP contribution in [0, 0.1) is 6.92 Å². The molecule has 1 aromatic carbocycles. The Morgan fingerprint density at radius 3 is 3.10 bits per heavy atom. The van der Waals surface area contributed by atoms with Gasteiger partial charge in [0.2, 0.25) is 0 Å². The van der Waals surface area contributed by atoms with E-state index in [9.17, 15) is 0 Å². The van der Waals surface area contributed by atoms with E-state index >= 15 is 0 Å². The molecular formula is C16H20N2O3. The average molecular weight is 288 g/mol. The molecule has 1 aliphatic rings. The minimum absolute atomic E-state index is 0.543. The molecular weight excluding hydrogens is 268 g/mol. The third kappa shape index (κ3) is 2.80. The average Bonchev–Trinajstić information content (AvgIpc) is 2.93. The molecule has 2 heterocycles. The fourth-order valence-electron chi connectivity index (χ4n) is 2.55. The smallest absolute Gasteiger partial charge is 0.124 e. The van der Waals surface area contributed by atoms with Gasteiger partial charge >= 0.3 is 0 Å². The number of hydrogen-bond acceptors (Lipinski definition) is 4. The molecule has 0 bridgehead atoms. The zero-order valence-corrected chi connectivity index (χ0v) is 12.5. The van der Waals surface area contributed by atoms with Crippen molar-refractivity contribution < 1.29 is 14.2 Å². The zero-order valence-electron chi connectivity index (χ0n) is 12.5. The number of hydrogen-bond donors (Lipinski definition) is 0. The Kier molecular flexibility index (Phi) is 4.22. The number of nitrogens with zero attached hydrogens (tertiary/aromatic N) is 2. The van der Waals surface area contributed by atoms with E-state index in [2.05, 4.69) is 18.1 Å². The molecule has 0 aliphatic carbocycles. The summed E-state index contributed by atoms with van der Waals surface area (Å²) in [6.07, 6.45) is 2.87. The van der Waals surface area contributed by atoms with E-state index in [1.165, 1.54) is 5.56 Å². The van der Waals surface area contributed by atoms with E-state index in [1.807, 2.05) is 23.0 Å². The fourth-order valence-corrected chi connectivity index (χ4v) is 2.55. The van der Waals surface area contributed by atoms with Crippen LogP contribution in [0.5, 0.6) is 5.75 Å². The van der Waals surface area contributed by atoms with Crippen LogP contribution in [0.4, 0.5) is 0 Å². The molecule has 0 unspecified atom stereocenters. The summed E-state index contributed by atoms with van der Waals surface area (Å²) in [5.74, 6) is 0.866. The highest BCUT2D eigenvalue weighted by Crippen LogP contribution is 2.27. The monoisotopic (exact) mass is 288 g/mol. The highest BCUT2D eigenvalue weighted by Gasteiger charge is 2.18. The Morgan fingerprint density at radius 2 is 2.24 bits per heavy atom. The Morgan fingerprint density at radius 1 is 1.33 bits per heavy atom. The van der Waals surface area contributed by atoms with Gasteiger partial charge in [-0.1, -0.05) is 6.07 Å². The lowest BCUT2D eigenvalue weighted by Crippen LogP contribution is -2.13. The molecule has 5 heteroatoms. The van der Waals surface area contributed by atoms with Gasteiger partial charge in [0.25, 0.3) is 0 Å². The summed E-state index contributed by atoms with van der Waals surface area (Å²) in [5.41, 5.74) is 4.52. The molecule has 0 N–H and O–H groups in total. The lowest BCUT2D eigenvalue weighted by molar-refractivity contribution is 0.106. The van der Waals surface area contributed by atoms with Gasteiger partial charge in [0.05, 0.1) is 37.4 Å². The second kappa shape index (κ2) is 6.28. The predicted octanol–water partition coefficient (Wildman–Crippen LogP) is 2.28. The van der Waals surface area contributed by atoms with Crippen LogP contribution < -0.4 is 4.74 Å². The van der Waals surface area contributed by atoms with Crippen LogP contribution in [-0.4, -0.2) is 36.7 Å². The Balaban J connectivity index is 1.92. The van der Waals surface area contributed by atoms with Gasteiger partial charge in [0.15, 0.2) is 0 Å². The van der Waals surface area contributed by atoms with Crippen molar-refractivity contribution in [2.75, 3.05) is 26.9 Å². The third-order valence-electron chi connectivity index (χ3n) is 3.74. The molecule has 0 amide bonds. The molecule has 2 aromatic rings. The lowest BCUT2D eigenvalue weighted by atomic mass is 10.1. The van der Waals surface area contributed by atoms with E-state index in [0.29, 0.717) is 19.8 Å². The van der Waals surface area contributed by atoms with Gasteiger partial charge in [0, 0.05) is 12.7 Å². The van der Waals surface area contributed by atoms with Crippen LogP contribution in [-0.2, 0) is 22.5 Å². The molecule has 21 heavy (non-hydrogen) atoms. The molecule has 0 spiro atoms. The minimum Gasteiger partial charge on any atom is -0.491 e. The molecule has 0 fully saturated rings. The Hall–Kier alpha value is -1.85. The first-order chi connectivity index (χ1) is 10.3. The van der Waals surface area contributed by atoms with Crippen molar-refractivity contribution >= 4 is 0 Å². The highest BCUT2D eigenvalue weighted by atomic mass is 16.5. The van der Waals surface area contributed by atoms with E-state index in [4.69, 9.17) is 14.2 Å². The van der Waals surface area contributed by atoms with Crippen LogP contribution in [0.15, 0.2) is 24.4 Å². The maximum Gasteiger partial charge on any atom is 0.124 e. The first-order valence-electron chi connectivity index (χ1n) is 7.16. The van der Waals surface area contributed by atoms with Crippen LogP contribution in [0.3, 0.4) is 0 Å². The molecule has 0 atom stereocenters. The number of aromatic nitrogens is 2. The van der Waals surface area contributed by atoms with Crippen molar-refractivity contribution in [3.63, 3.8) is 0 Å². The molecule has 0 saturated heterocycles. The van der Waals surface area contributed by atoms with Crippen molar-refractivity contribution in [3.05, 3.63) is 41.2 Å². The summed E-state index contributed by atoms with van der Waals surface area (Å²) >= 11 is 0. The largest absolute Gasteiger partial charge is 0.491 e. The summed E-state index contributed by atoms with van der Waals surface area (Å²) in [6.45, 7) is 4.56. The lowest BCUT2D eigenvalue weighted by Gasteiger charge is -2.17. The van der Waals surface area contributed by atoms with Gasteiger partial charge in [-0.05, 0) is 31.0 Å². The summed E-state index contributed by atoms with van der Waals surface area (Å²) in [6, 6.07) is 6.02. The van der Waals surface area contributed by atoms with Gasteiger partial charge in [0.1, 0.15) is 12.4 Å². The molecule has 3 rings (SSSR count). The van der Waals surface area contributed by atoms with Gasteiger partial charge in [-0.15, -0.1) is 0 Å². The van der Waals surface area contributed by atoms with Crippen LogP contribution in [0.2, 0.25) is 0 Å². The SMILES string of the molecule is COCCOc1cccc(-n2ncc3c2COCC3)c1C. The summed E-state index contributed by atoms with van der Waals surface area (Å²) in [4.78, 5) is 0. The third-order valence-corrected chi connectivity index (χ3v) is 3.74. The van der Waals surface area contributed by atoms with E-state index < -0.39 is 0 Å². The Bertz CT molecular complexity index is 622. The normalized spacial score (nSPS) is 14.0. The maximum atomic E-state index is 5.76. The van der Waals surface area contributed by atoms with E-state index in [-0.39, 0.29) is 0 Å². The molecule has 1 aliphatic heterocycles. The quantitative estimate of drug-likeness (QED) is 0.792. The standard InChI is InChI=1S/C16H20N2O3/c1-12-14(4-3-5-16(12)21-9-8-19-2)18-15-11-20-7-6-13(15)10-17-18/h3-5,10H,6-9,11H2,1-2H3. The molecule has 1 aromatic heterocycles. The van der Waals surface area contributed by atoms with Gasteiger partial charge in [-0.2, -0.15) is 5.10 Å². The fraction of sp³-hybridized carbons (Fsp3) is 0.438. The van der Waals surface area contributed by atoms with Crippen molar-refractivity contribution in [1.29, 1.82) is 0 Å². The second-order valence-corrected chi connectivity index (χ2v) is 5.07. The Labute approximate surface area is 124 Å². The van der Waals surface area contributed by atoms with Crippen molar-refractivity contribution in [2.45, 2.75) is 20.0 Å². The van der Waals surface area contributed by atoms with Crippen LogP contribution in [0.1, 0.15) is 16.8 Å². The zero-order chi connectivity index (χ0) is 14.7. The van der Waals surface area contributed by atoms with Gasteiger partial charge in [-0.25, -0.2) is 4.68 Å². The number of ether oxygens (including phenoxy) is 3. The van der Waals surface area contributed by atoms with Gasteiger partial charge < -0.3 is 14.2 Å². The van der Waals surface area contributed by atoms with Crippen LogP contribution >= 0.6 is 0 Å². The molecule has 0 radical (unpaired) electrons. The number of fused-ring (bicyclic) bond motifs is 1. The topological polar surface area (TPSA) is 45.5 Å². The number of rotatable bonds is 5. The summed E-state index contributed by atoms with van der Waals surface area (Å²) in [7, 11) is 1.67. The second-order valence-electron chi connectivity index (χ2n) is 5.07. The molecule has 112 valence electrons. The number of methoxy groups -OCH3 is 1. The molecule has 0 saturated carbocycles. The first-order valence-corrected chi connectivity index (χ1v) is 7.16. The maximum absolute atomic E-state index is 5.76. The van der Waals surface area contributed by atoms with E-state index in [1.54, 1.807) is 7.11 Å². The highest BCUT2D eigenvalue weighted by molar-refractivity contribution is 5.49. The van der Waals surface area contributed by atoms with E-state index in [0.717, 1.165) is 35.7 Å². The van der Waals surface area contributed by atoms with Gasteiger partial charge in [-0.3, -0.25) is 0 Å². The van der Waals surface area contributed by atoms with Crippen molar-refractivity contribution in [1.82, 2.24) is 9.78 Å². The molecule has 5 nitrogen and oxygen atoms in total. The number of benzene rings is 1. The van der Waals surface area contributed by atoms with Crippen molar-refractivity contribution in [3.8, 4) is 11.4 Å². The minimum atomic E-state index is 0.543. The summed E-state index contributed by atoms with van der Waals surface area (Å²) in [5, 5.41) is 4.52. The van der Waals surface area contributed by atoms with Crippen LogP contribution in [0.25, 0.3) is 5.69 Å². The van der Waals surface area contributed by atoms with Crippen molar-refractivity contribution in [2.24, 2.45) is 0 Å². The summed E-state index contributed by atoms with van der Waals surface area (Å²) < 4.78 is 18.3. The first kappa shape index (κ1) is 14.1. The predicted molar refractivity (Wildman–Crippen MR) is 79.0 cm³/mol.